The second-order valence-corrected chi connectivity index (χ2v) is 5.89. The molecule has 1 N–H and O–H groups in total. The van der Waals surface area contributed by atoms with Gasteiger partial charge >= 0.3 is 0 Å². The third kappa shape index (κ3) is 3.75. The largest absolute Gasteiger partial charge is 0.497 e. The molecule has 5 nitrogen and oxygen atoms in total. The van der Waals surface area contributed by atoms with Crippen LogP contribution in [0, 0.1) is 0 Å². The highest BCUT2D eigenvalue weighted by atomic mass is 16.7. The first kappa shape index (κ1) is 16.5. The van der Waals surface area contributed by atoms with Crippen LogP contribution >= 0.6 is 0 Å². The van der Waals surface area contributed by atoms with E-state index in [1.807, 2.05) is 37.3 Å². The van der Waals surface area contributed by atoms with Crippen LogP contribution in [0.4, 0.5) is 0 Å². The number of rotatable bonds is 3. The Kier molecular flexibility index (Phi) is 5.33. The Bertz CT molecular complexity index is 527. The Labute approximate surface area is 136 Å². The third-order valence-corrected chi connectivity index (χ3v) is 4.35. The minimum absolute atomic E-state index is 0.0753. The van der Waals surface area contributed by atoms with Gasteiger partial charge in [0.2, 0.25) is 0 Å². The fourth-order valence-corrected chi connectivity index (χ4v) is 2.96. The number of hydrogen-bond donors (Lipinski definition) is 1. The summed E-state index contributed by atoms with van der Waals surface area (Å²) in [4.78, 5) is 0. The predicted octanol–water partition coefficient (Wildman–Crippen LogP) is 2.59. The summed E-state index contributed by atoms with van der Waals surface area (Å²) in [7, 11) is 1.64. The van der Waals surface area contributed by atoms with Crippen molar-refractivity contribution in [3.05, 3.63) is 42.0 Å². The molecule has 0 spiro atoms. The second kappa shape index (κ2) is 7.45. The third-order valence-electron chi connectivity index (χ3n) is 4.35. The van der Waals surface area contributed by atoms with Crippen molar-refractivity contribution in [2.24, 2.45) is 0 Å². The monoisotopic (exact) mass is 320 g/mol. The van der Waals surface area contributed by atoms with Gasteiger partial charge in [0.15, 0.2) is 6.29 Å². The van der Waals surface area contributed by atoms with Gasteiger partial charge in [-0.2, -0.15) is 0 Å². The molecular weight excluding hydrogens is 296 g/mol. The van der Waals surface area contributed by atoms with Crippen molar-refractivity contribution in [1.29, 1.82) is 0 Å². The van der Waals surface area contributed by atoms with E-state index in [1.165, 1.54) is 0 Å². The lowest BCUT2D eigenvalue weighted by Gasteiger charge is -2.39. The van der Waals surface area contributed by atoms with Crippen LogP contribution in [0.3, 0.4) is 0 Å². The molecule has 1 aromatic rings. The Morgan fingerprint density at radius 1 is 1.17 bits per heavy atom. The minimum Gasteiger partial charge on any atom is -0.497 e. The summed E-state index contributed by atoms with van der Waals surface area (Å²) in [6.07, 6.45) is 3.80. The summed E-state index contributed by atoms with van der Waals surface area (Å²) >= 11 is 0. The molecule has 126 valence electrons. The maximum atomic E-state index is 10.0. The van der Waals surface area contributed by atoms with Crippen LogP contribution < -0.4 is 4.74 Å². The van der Waals surface area contributed by atoms with E-state index in [2.05, 4.69) is 0 Å². The molecule has 5 atom stereocenters. The number of benzene rings is 1. The zero-order valence-corrected chi connectivity index (χ0v) is 13.6. The number of methoxy groups -OCH3 is 1. The van der Waals surface area contributed by atoms with E-state index in [0.717, 1.165) is 17.7 Å². The van der Waals surface area contributed by atoms with Gasteiger partial charge in [-0.1, -0.05) is 31.2 Å². The fourth-order valence-electron chi connectivity index (χ4n) is 2.96. The van der Waals surface area contributed by atoms with Gasteiger partial charge in [0.25, 0.3) is 0 Å². The fraction of sp³-hybridized carbons (Fsp3) is 0.556. The molecule has 0 aromatic heterocycles. The summed E-state index contributed by atoms with van der Waals surface area (Å²) in [5.74, 6) is 0.805. The Balaban J connectivity index is 1.70. The molecule has 0 amide bonds. The van der Waals surface area contributed by atoms with Crippen molar-refractivity contribution >= 4 is 0 Å². The summed E-state index contributed by atoms with van der Waals surface area (Å²) in [6, 6.07) is 7.68. The van der Waals surface area contributed by atoms with Crippen LogP contribution in [0.1, 0.15) is 31.6 Å². The van der Waals surface area contributed by atoms with Gasteiger partial charge in [0.1, 0.15) is 11.9 Å². The lowest BCUT2D eigenvalue weighted by atomic mass is 10.0. The predicted molar refractivity (Wildman–Crippen MR) is 85.3 cm³/mol. The van der Waals surface area contributed by atoms with Crippen molar-refractivity contribution in [2.75, 3.05) is 13.7 Å². The molecule has 0 unspecified atom stereocenters. The molecule has 1 aromatic carbocycles. The van der Waals surface area contributed by atoms with Crippen molar-refractivity contribution in [1.82, 2.24) is 0 Å². The van der Waals surface area contributed by atoms with Gasteiger partial charge in [0, 0.05) is 5.56 Å². The summed E-state index contributed by atoms with van der Waals surface area (Å²) in [5, 5.41) is 10.0. The van der Waals surface area contributed by atoms with Gasteiger partial charge in [-0.25, -0.2) is 0 Å². The van der Waals surface area contributed by atoms with Gasteiger partial charge in [-0.3, -0.25) is 0 Å². The lowest BCUT2D eigenvalue weighted by Crippen LogP contribution is -2.46. The topological polar surface area (TPSA) is 57.2 Å². The van der Waals surface area contributed by atoms with Crippen LogP contribution in [0.5, 0.6) is 5.75 Å². The van der Waals surface area contributed by atoms with Crippen molar-refractivity contribution in [3.8, 4) is 5.75 Å². The Hall–Kier alpha value is -1.40. The van der Waals surface area contributed by atoms with Gasteiger partial charge in [-0.05, 0) is 25.0 Å². The van der Waals surface area contributed by atoms with E-state index in [0.29, 0.717) is 13.0 Å². The number of aliphatic hydroxyl groups is 1. The average molecular weight is 320 g/mol. The van der Waals surface area contributed by atoms with Crippen LogP contribution in [0.15, 0.2) is 36.4 Å². The zero-order valence-electron chi connectivity index (χ0n) is 13.6. The molecule has 3 rings (SSSR count). The van der Waals surface area contributed by atoms with E-state index in [1.54, 1.807) is 13.2 Å². The quantitative estimate of drug-likeness (QED) is 0.868. The molecule has 0 aliphatic carbocycles. The molecule has 1 saturated heterocycles. The first-order valence-corrected chi connectivity index (χ1v) is 8.12. The summed E-state index contributed by atoms with van der Waals surface area (Å²) in [5.41, 5.74) is 0.961. The number of fused-ring (bicyclic) bond motifs is 1. The standard InChI is InChI=1S/C18H24O5/c1-3-15-14(19)5-4-6-16-17(22-15)11-21-18(23-16)12-7-9-13(20-2)10-8-12/h4-5,7-10,14-19H,3,6,11H2,1-2H3/b5-4-/t14-,15+,16+,17-,18-/m1/s1. The van der Waals surface area contributed by atoms with Crippen LogP contribution in [0.2, 0.25) is 0 Å². The van der Waals surface area contributed by atoms with E-state index in [9.17, 15) is 5.11 Å². The van der Waals surface area contributed by atoms with Gasteiger partial charge in [-0.15, -0.1) is 0 Å². The van der Waals surface area contributed by atoms with Crippen LogP contribution in [-0.2, 0) is 14.2 Å². The smallest absolute Gasteiger partial charge is 0.184 e. The molecule has 23 heavy (non-hydrogen) atoms. The van der Waals surface area contributed by atoms with Crippen molar-refractivity contribution in [2.45, 2.75) is 50.5 Å². The normalized spacial score (nSPS) is 35.7. The highest BCUT2D eigenvalue weighted by Gasteiger charge is 2.36. The highest BCUT2D eigenvalue weighted by Crippen LogP contribution is 2.32. The van der Waals surface area contributed by atoms with Gasteiger partial charge < -0.3 is 24.1 Å². The molecule has 2 heterocycles. The molecule has 0 saturated carbocycles. The maximum absolute atomic E-state index is 10.0. The average Bonchev–Trinajstić information content (AvgIpc) is 2.58. The molecule has 1 fully saturated rings. The van der Waals surface area contributed by atoms with E-state index < -0.39 is 12.4 Å². The first-order chi connectivity index (χ1) is 11.2. The van der Waals surface area contributed by atoms with E-state index >= 15 is 0 Å². The van der Waals surface area contributed by atoms with E-state index in [-0.39, 0.29) is 18.3 Å². The van der Waals surface area contributed by atoms with Crippen molar-refractivity contribution in [3.63, 3.8) is 0 Å². The number of hydrogen-bond acceptors (Lipinski definition) is 5. The van der Waals surface area contributed by atoms with E-state index in [4.69, 9.17) is 18.9 Å². The summed E-state index contributed by atoms with van der Waals surface area (Å²) < 4.78 is 23.1. The van der Waals surface area contributed by atoms with Gasteiger partial charge in [0.05, 0.1) is 32.0 Å². The SMILES string of the molecule is CC[C@@H]1O[C@@H]2CO[C@@H](c3ccc(OC)cc3)O[C@H]2C/C=C\[C@H]1O. The highest BCUT2D eigenvalue weighted by molar-refractivity contribution is 5.28. The Morgan fingerprint density at radius 3 is 2.65 bits per heavy atom. The van der Waals surface area contributed by atoms with Crippen LogP contribution in [-0.4, -0.2) is 43.2 Å². The second-order valence-electron chi connectivity index (χ2n) is 5.89. The maximum Gasteiger partial charge on any atom is 0.184 e. The summed E-state index contributed by atoms with van der Waals surface area (Å²) in [6.45, 7) is 2.46. The first-order valence-electron chi connectivity index (χ1n) is 8.12. The molecule has 2 aliphatic rings. The van der Waals surface area contributed by atoms with Crippen LogP contribution in [0.25, 0.3) is 0 Å². The molecule has 2 aliphatic heterocycles. The number of aliphatic hydroxyl groups excluding tert-OH is 1. The molecule has 5 heteroatoms. The number of ether oxygens (including phenoxy) is 4. The molecule has 0 bridgehead atoms. The zero-order chi connectivity index (χ0) is 16.2. The molecule has 0 radical (unpaired) electrons. The van der Waals surface area contributed by atoms with Crippen molar-refractivity contribution < 1.29 is 24.1 Å². The Morgan fingerprint density at radius 2 is 1.96 bits per heavy atom. The minimum atomic E-state index is -0.569. The molecular formula is C18H24O5. The lowest BCUT2D eigenvalue weighted by molar-refractivity contribution is -0.276.